The summed E-state index contributed by atoms with van der Waals surface area (Å²) >= 11 is 0. The zero-order chi connectivity index (χ0) is 21.2. The van der Waals surface area contributed by atoms with Crippen LogP contribution < -0.4 is 32.2 Å². The molecule has 29 heavy (non-hydrogen) atoms. The number of hydrogen-bond donors (Lipinski definition) is 5. The van der Waals surface area contributed by atoms with Crippen molar-refractivity contribution in [2.45, 2.75) is 0 Å². The van der Waals surface area contributed by atoms with E-state index in [2.05, 4.69) is 20.9 Å². The molecule has 152 valence electrons. The highest BCUT2D eigenvalue weighted by atomic mass is 16.5. The summed E-state index contributed by atoms with van der Waals surface area (Å²) in [6.07, 6.45) is 0. The van der Waals surface area contributed by atoms with Crippen LogP contribution in [0.5, 0.6) is 5.75 Å². The number of amides is 3. The number of carbonyl (C=O) groups is 3. The van der Waals surface area contributed by atoms with Gasteiger partial charge in [0.05, 0.1) is 25.9 Å². The lowest BCUT2D eigenvalue weighted by atomic mass is 10.2. The maximum absolute atomic E-state index is 12.1. The largest absolute Gasteiger partial charge is 0.497 e. The second kappa shape index (κ2) is 10.3. The van der Waals surface area contributed by atoms with E-state index in [9.17, 15) is 14.4 Å². The smallest absolute Gasteiger partial charge is 0.251 e. The first-order chi connectivity index (χ1) is 13.9. The van der Waals surface area contributed by atoms with Gasteiger partial charge in [-0.3, -0.25) is 14.4 Å². The van der Waals surface area contributed by atoms with Gasteiger partial charge in [0, 0.05) is 11.3 Å². The summed E-state index contributed by atoms with van der Waals surface area (Å²) in [5, 5.41) is 7.51. The Balaban J connectivity index is 1.76. The third-order valence-corrected chi connectivity index (χ3v) is 3.60. The Morgan fingerprint density at radius 3 is 2.31 bits per heavy atom. The summed E-state index contributed by atoms with van der Waals surface area (Å²) in [5.41, 5.74) is 11.9. The van der Waals surface area contributed by atoms with Gasteiger partial charge in [-0.1, -0.05) is 6.07 Å². The minimum absolute atomic E-state index is 0.130. The first kappa shape index (κ1) is 21.2. The van der Waals surface area contributed by atoms with Crippen LogP contribution in [0.1, 0.15) is 10.4 Å². The molecule has 0 aliphatic rings. The Morgan fingerprint density at radius 1 is 0.966 bits per heavy atom. The number of rotatable bonds is 8. The van der Waals surface area contributed by atoms with Gasteiger partial charge in [0.2, 0.25) is 11.8 Å². The lowest BCUT2D eigenvalue weighted by Gasteiger charge is -2.09. The van der Waals surface area contributed by atoms with E-state index in [1.54, 1.807) is 49.6 Å². The van der Waals surface area contributed by atoms with Gasteiger partial charge in [0.15, 0.2) is 5.96 Å². The molecule has 10 heteroatoms. The van der Waals surface area contributed by atoms with Gasteiger partial charge < -0.3 is 32.2 Å². The second-order valence-corrected chi connectivity index (χ2v) is 5.82. The average Bonchev–Trinajstić information content (AvgIpc) is 2.70. The molecule has 0 aromatic heterocycles. The summed E-state index contributed by atoms with van der Waals surface area (Å²) in [6.45, 7) is -0.526. The van der Waals surface area contributed by atoms with E-state index in [0.29, 0.717) is 17.1 Å². The molecule has 0 radical (unpaired) electrons. The standard InChI is InChI=1S/C19H22N6O4/c1-29-15-7-5-13(6-8-15)24-17(27)11-22-16(26)10-23-18(28)12-3-2-4-14(9-12)25-19(20)21/h2-9H,10-11H2,1H3,(H,22,26)(H,23,28)(H,24,27)(H4,20,21,25). The van der Waals surface area contributed by atoms with Crippen LogP contribution in [0.3, 0.4) is 0 Å². The number of aliphatic imine (C=N–C) groups is 1. The monoisotopic (exact) mass is 398 g/mol. The predicted octanol–water partition coefficient (Wildman–Crippen LogP) is 0.0848. The fourth-order valence-corrected chi connectivity index (χ4v) is 2.25. The molecule has 7 N–H and O–H groups in total. The number of nitrogens with one attached hydrogen (secondary N) is 3. The van der Waals surface area contributed by atoms with Crippen LogP contribution in [-0.2, 0) is 9.59 Å². The van der Waals surface area contributed by atoms with Crippen molar-refractivity contribution in [2.24, 2.45) is 16.5 Å². The number of guanidine groups is 1. The topological polar surface area (TPSA) is 161 Å². The number of hydrogen-bond acceptors (Lipinski definition) is 5. The number of nitrogens with zero attached hydrogens (tertiary/aromatic N) is 1. The molecule has 0 atom stereocenters. The van der Waals surface area contributed by atoms with Crippen LogP contribution in [0.15, 0.2) is 53.5 Å². The van der Waals surface area contributed by atoms with Gasteiger partial charge in [-0.05, 0) is 42.5 Å². The van der Waals surface area contributed by atoms with Gasteiger partial charge in [0.25, 0.3) is 5.91 Å². The highest BCUT2D eigenvalue weighted by molar-refractivity contribution is 5.98. The summed E-state index contributed by atoms with van der Waals surface area (Å²) in [6, 6.07) is 13.0. The van der Waals surface area contributed by atoms with E-state index < -0.39 is 17.7 Å². The van der Waals surface area contributed by atoms with Gasteiger partial charge in [-0.2, -0.15) is 0 Å². The predicted molar refractivity (Wildman–Crippen MR) is 109 cm³/mol. The van der Waals surface area contributed by atoms with Crippen LogP contribution in [0.4, 0.5) is 11.4 Å². The molecular formula is C19H22N6O4. The van der Waals surface area contributed by atoms with Gasteiger partial charge in [-0.15, -0.1) is 0 Å². The van der Waals surface area contributed by atoms with E-state index in [1.165, 1.54) is 6.07 Å². The van der Waals surface area contributed by atoms with Crippen LogP contribution in [0.25, 0.3) is 0 Å². The Hall–Kier alpha value is -4.08. The van der Waals surface area contributed by atoms with Crippen LogP contribution in [0.2, 0.25) is 0 Å². The fraction of sp³-hybridized carbons (Fsp3) is 0.158. The Bertz CT molecular complexity index is 907. The maximum atomic E-state index is 12.1. The summed E-state index contributed by atoms with van der Waals surface area (Å²) in [7, 11) is 1.54. The molecule has 3 amide bonds. The number of benzene rings is 2. The number of nitrogens with two attached hydrogens (primary N) is 2. The average molecular weight is 398 g/mol. The summed E-state index contributed by atoms with van der Waals surface area (Å²) in [4.78, 5) is 39.7. The van der Waals surface area contributed by atoms with Crippen molar-refractivity contribution in [2.75, 3.05) is 25.5 Å². The third-order valence-electron chi connectivity index (χ3n) is 3.60. The number of methoxy groups -OCH3 is 1. The quantitative estimate of drug-likeness (QED) is 0.313. The normalized spacial score (nSPS) is 9.83. The van der Waals surface area contributed by atoms with E-state index in [0.717, 1.165) is 0 Å². The first-order valence-corrected chi connectivity index (χ1v) is 8.56. The van der Waals surface area contributed by atoms with E-state index in [-0.39, 0.29) is 24.6 Å². The van der Waals surface area contributed by atoms with E-state index in [4.69, 9.17) is 16.2 Å². The minimum atomic E-state index is -0.511. The Morgan fingerprint density at radius 2 is 1.66 bits per heavy atom. The Kier molecular flexibility index (Phi) is 7.54. The Labute approximate surface area is 167 Å². The second-order valence-electron chi connectivity index (χ2n) is 5.82. The highest BCUT2D eigenvalue weighted by Crippen LogP contribution is 2.15. The molecule has 2 rings (SSSR count). The lowest BCUT2D eigenvalue weighted by Crippen LogP contribution is -2.40. The number of carbonyl (C=O) groups excluding carboxylic acids is 3. The molecule has 10 nitrogen and oxygen atoms in total. The molecule has 0 saturated heterocycles. The SMILES string of the molecule is COc1ccc(NC(=O)CNC(=O)CNC(=O)c2cccc(N=C(N)N)c2)cc1. The minimum Gasteiger partial charge on any atom is -0.497 e. The number of ether oxygens (including phenoxy) is 1. The van der Waals surface area contributed by atoms with E-state index in [1.807, 2.05) is 0 Å². The summed E-state index contributed by atoms with van der Waals surface area (Å²) in [5.74, 6) is -0.857. The summed E-state index contributed by atoms with van der Waals surface area (Å²) < 4.78 is 5.03. The van der Waals surface area contributed by atoms with Crippen molar-refractivity contribution in [3.8, 4) is 5.75 Å². The molecule has 0 aliphatic carbocycles. The molecule has 2 aromatic carbocycles. The number of anilines is 1. The molecule has 0 heterocycles. The van der Waals surface area contributed by atoms with Gasteiger partial charge in [-0.25, -0.2) is 4.99 Å². The van der Waals surface area contributed by atoms with Crippen molar-refractivity contribution in [3.63, 3.8) is 0 Å². The fourth-order valence-electron chi connectivity index (χ4n) is 2.25. The molecule has 0 fully saturated rings. The molecule has 0 saturated carbocycles. The maximum Gasteiger partial charge on any atom is 0.251 e. The van der Waals surface area contributed by atoms with Gasteiger partial charge in [0.1, 0.15) is 5.75 Å². The van der Waals surface area contributed by atoms with Crippen LogP contribution in [0, 0.1) is 0 Å². The molecular weight excluding hydrogens is 376 g/mol. The van der Waals surface area contributed by atoms with Crippen LogP contribution in [-0.4, -0.2) is 43.9 Å². The van der Waals surface area contributed by atoms with Crippen molar-refractivity contribution in [1.29, 1.82) is 0 Å². The van der Waals surface area contributed by atoms with Crippen molar-refractivity contribution < 1.29 is 19.1 Å². The van der Waals surface area contributed by atoms with Crippen molar-refractivity contribution in [1.82, 2.24) is 10.6 Å². The molecule has 0 unspecified atom stereocenters. The van der Waals surface area contributed by atoms with Crippen molar-refractivity contribution in [3.05, 3.63) is 54.1 Å². The third kappa shape index (κ3) is 7.21. The zero-order valence-corrected chi connectivity index (χ0v) is 15.8. The van der Waals surface area contributed by atoms with E-state index >= 15 is 0 Å². The van der Waals surface area contributed by atoms with Crippen LogP contribution >= 0.6 is 0 Å². The molecule has 0 aliphatic heterocycles. The zero-order valence-electron chi connectivity index (χ0n) is 15.8. The molecule has 0 bridgehead atoms. The molecule has 2 aromatic rings. The lowest BCUT2D eigenvalue weighted by molar-refractivity contribution is -0.123. The highest BCUT2D eigenvalue weighted by Gasteiger charge is 2.10. The first-order valence-electron chi connectivity index (χ1n) is 8.56. The molecule has 0 spiro atoms. The van der Waals surface area contributed by atoms with Crippen molar-refractivity contribution >= 4 is 35.1 Å². The van der Waals surface area contributed by atoms with Gasteiger partial charge >= 0.3 is 0 Å².